The van der Waals surface area contributed by atoms with Crippen LogP contribution in [0.2, 0.25) is 0 Å². The fraction of sp³-hybridized carbons (Fsp3) is 0. The van der Waals surface area contributed by atoms with Crippen LogP contribution in [0, 0.1) is 0 Å². The smallest absolute Gasteiger partial charge is 0.0433 e. The van der Waals surface area contributed by atoms with Crippen LogP contribution in [0.25, 0.3) is 128 Å². The van der Waals surface area contributed by atoms with Crippen LogP contribution >= 0.6 is 22.7 Å². The van der Waals surface area contributed by atoms with E-state index in [2.05, 4.69) is 194 Å². The maximum Gasteiger partial charge on any atom is 0.0433 e. The van der Waals surface area contributed by atoms with Crippen LogP contribution in [-0.4, -0.2) is 0 Å². The third kappa shape index (κ3) is 4.74. The molecule has 0 nitrogen and oxygen atoms in total. The summed E-state index contributed by atoms with van der Waals surface area (Å²) in [4.78, 5) is 0. The normalized spacial score (nSPS) is 12.1. The van der Waals surface area contributed by atoms with E-state index in [9.17, 15) is 0 Å². The summed E-state index contributed by atoms with van der Waals surface area (Å²) in [7, 11) is 0. The lowest BCUT2D eigenvalue weighted by molar-refractivity contribution is 1.67. The molecular weight excluding hydrogens is 737 g/mol. The van der Waals surface area contributed by atoms with Crippen LogP contribution in [0.3, 0.4) is 0 Å². The monoisotopic (exact) mass is 768 g/mol. The number of hydrogen-bond acceptors (Lipinski definition) is 2. The van der Waals surface area contributed by atoms with Crippen LogP contribution in [0.1, 0.15) is 0 Å². The van der Waals surface area contributed by atoms with Gasteiger partial charge < -0.3 is 0 Å². The summed E-state index contributed by atoms with van der Waals surface area (Å²) in [6, 6.07) is 72.6. The zero-order valence-electron chi connectivity index (χ0n) is 31.3. The van der Waals surface area contributed by atoms with Crippen LogP contribution < -0.4 is 0 Å². The fourth-order valence-electron chi connectivity index (χ4n) is 9.71. The van der Waals surface area contributed by atoms with E-state index in [1.165, 1.54) is 128 Å². The zero-order chi connectivity index (χ0) is 37.9. The Morgan fingerprint density at radius 2 is 0.741 bits per heavy atom. The molecule has 0 saturated carbocycles. The topological polar surface area (TPSA) is 0 Å². The van der Waals surface area contributed by atoms with Gasteiger partial charge in [0, 0.05) is 40.3 Å². The van der Waals surface area contributed by atoms with Crippen molar-refractivity contribution in [2.75, 3.05) is 0 Å². The minimum absolute atomic E-state index is 1.24. The lowest BCUT2D eigenvalue weighted by Crippen LogP contribution is -1.91. The first-order valence-electron chi connectivity index (χ1n) is 19.9. The molecule has 0 amide bonds. The largest absolute Gasteiger partial charge is 0.135 e. The van der Waals surface area contributed by atoms with E-state index >= 15 is 0 Å². The Labute approximate surface area is 342 Å². The van der Waals surface area contributed by atoms with Gasteiger partial charge in [-0.3, -0.25) is 0 Å². The predicted octanol–water partition coefficient (Wildman–Crippen LogP) is 17.2. The molecule has 2 aromatic heterocycles. The van der Waals surface area contributed by atoms with E-state index in [0.717, 1.165) is 0 Å². The summed E-state index contributed by atoms with van der Waals surface area (Å²) >= 11 is 3.83. The average Bonchev–Trinajstić information content (AvgIpc) is 3.84. The van der Waals surface area contributed by atoms with E-state index in [4.69, 9.17) is 0 Å². The van der Waals surface area contributed by atoms with Crippen molar-refractivity contribution in [2.24, 2.45) is 0 Å². The summed E-state index contributed by atoms with van der Waals surface area (Å²) in [5.74, 6) is 0. The van der Waals surface area contributed by atoms with E-state index in [-0.39, 0.29) is 0 Å². The maximum absolute atomic E-state index is 2.44. The summed E-state index contributed by atoms with van der Waals surface area (Å²) in [6.07, 6.45) is 0. The van der Waals surface area contributed by atoms with Gasteiger partial charge in [-0.1, -0.05) is 158 Å². The van der Waals surface area contributed by atoms with Gasteiger partial charge in [0.05, 0.1) is 0 Å². The van der Waals surface area contributed by atoms with Crippen molar-refractivity contribution in [3.05, 3.63) is 194 Å². The summed E-state index contributed by atoms with van der Waals surface area (Å²) < 4.78 is 5.43. The van der Waals surface area contributed by atoms with Crippen molar-refractivity contribution in [1.29, 1.82) is 0 Å². The molecule has 11 aromatic carbocycles. The van der Waals surface area contributed by atoms with Crippen LogP contribution in [0.15, 0.2) is 194 Å². The molecule has 268 valence electrons. The second-order valence-electron chi connectivity index (χ2n) is 15.6. The SMILES string of the molecule is c1ccc2c(-c3c4ccccc4c(-c4ccc5cc(-c6ccc7sc8cc9c(cc8c7c6)sc6c7ccccc7ccc96)ccc5c4)c4ccccc34)cccc2c1. The van der Waals surface area contributed by atoms with Crippen molar-refractivity contribution < 1.29 is 0 Å². The minimum atomic E-state index is 1.24. The Morgan fingerprint density at radius 3 is 1.48 bits per heavy atom. The molecular formula is C56H32S2. The maximum atomic E-state index is 2.44. The molecule has 0 atom stereocenters. The zero-order valence-corrected chi connectivity index (χ0v) is 32.9. The van der Waals surface area contributed by atoms with Gasteiger partial charge >= 0.3 is 0 Å². The van der Waals surface area contributed by atoms with E-state index in [1.807, 2.05) is 22.7 Å². The van der Waals surface area contributed by atoms with Crippen molar-refractivity contribution >= 4 is 117 Å². The molecule has 2 heteroatoms. The van der Waals surface area contributed by atoms with Crippen molar-refractivity contribution in [2.45, 2.75) is 0 Å². The molecule has 0 aliphatic rings. The number of thiophene rings is 2. The average molecular weight is 769 g/mol. The van der Waals surface area contributed by atoms with Gasteiger partial charge in [-0.15, -0.1) is 22.7 Å². The molecule has 0 fully saturated rings. The summed E-state index contributed by atoms with van der Waals surface area (Å²) in [5, 5.41) is 18.2. The Bertz CT molecular complexity index is 3800. The number of benzene rings is 11. The second kappa shape index (κ2) is 12.3. The molecule has 0 aliphatic carbocycles. The molecule has 13 aromatic rings. The van der Waals surface area contributed by atoms with Gasteiger partial charge in [0.15, 0.2) is 0 Å². The Morgan fingerprint density at radius 1 is 0.241 bits per heavy atom. The molecule has 0 N–H and O–H groups in total. The van der Waals surface area contributed by atoms with Gasteiger partial charge in [-0.05, 0) is 124 Å². The number of rotatable bonds is 3. The minimum Gasteiger partial charge on any atom is -0.135 e. The van der Waals surface area contributed by atoms with E-state index in [0.29, 0.717) is 0 Å². The standard InChI is InChI=1S/C56H32S2/c1-3-13-40-33(10-1)12-9-19-42(40)55-45-17-7-5-15-43(45)54(44-16-6-8-18-46(44)55)39-23-22-35-28-36(20-21-37(35)29-39)38-25-27-51-48(30-38)50-32-53-49(31-52(50)57-51)47-26-24-34-11-2-4-14-41(34)56(47)58-53/h1-32H. The summed E-state index contributed by atoms with van der Waals surface area (Å²) in [6.45, 7) is 0. The van der Waals surface area contributed by atoms with Gasteiger partial charge in [-0.2, -0.15) is 0 Å². The van der Waals surface area contributed by atoms with Gasteiger partial charge in [0.1, 0.15) is 0 Å². The van der Waals surface area contributed by atoms with Gasteiger partial charge in [0.25, 0.3) is 0 Å². The predicted molar refractivity (Wildman–Crippen MR) is 256 cm³/mol. The van der Waals surface area contributed by atoms with Crippen LogP contribution in [0.5, 0.6) is 0 Å². The highest BCUT2D eigenvalue weighted by Crippen LogP contribution is 2.47. The molecule has 0 unspecified atom stereocenters. The third-order valence-electron chi connectivity index (χ3n) is 12.4. The van der Waals surface area contributed by atoms with Crippen molar-refractivity contribution in [3.63, 3.8) is 0 Å². The van der Waals surface area contributed by atoms with E-state index < -0.39 is 0 Å². The summed E-state index contributed by atoms with van der Waals surface area (Å²) in [5.41, 5.74) is 7.60. The molecule has 2 heterocycles. The highest BCUT2D eigenvalue weighted by Gasteiger charge is 2.19. The molecule has 58 heavy (non-hydrogen) atoms. The number of fused-ring (bicyclic) bond motifs is 12. The quantitative estimate of drug-likeness (QED) is 0.157. The lowest BCUT2D eigenvalue weighted by atomic mass is 9.84. The van der Waals surface area contributed by atoms with Gasteiger partial charge in [-0.25, -0.2) is 0 Å². The van der Waals surface area contributed by atoms with Gasteiger partial charge in [0.2, 0.25) is 0 Å². The van der Waals surface area contributed by atoms with Crippen molar-refractivity contribution in [3.8, 4) is 33.4 Å². The lowest BCUT2D eigenvalue weighted by Gasteiger charge is -2.19. The molecule has 13 rings (SSSR count). The van der Waals surface area contributed by atoms with Crippen molar-refractivity contribution in [1.82, 2.24) is 0 Å². The first-order valence-corrected chi connectivity index (χ1v) is 21.5. The molecule has 0 radical (unpaired) electrons. The highest BCUT2D eigenvalue weighted by atomic mass is 32.1. The van der Waals surface area contributed by atoms with Crippen LogP contribution in [0.4, 0.5) is 0 Å². The highest BCUT2D eigenvalue weighted by molar-refractivity contribution is 7.28. The first-order chi connectivity index (χ1) is 28.7. The molecule has 0 bridgehead atoms. The molecule has 0 saturated heterocycles. The van der Waals surface area contributed by atoms with E-state index in [1.54, 1.807) is 0 Å². The fourth-order valence-corrected chi connectivity index (χ4v) is 12.1. The Hall–Kier alpha value is -6.84. The molecule has 0 aliphatic heterocycles. The first kappa shape index (κ1) is 32.3. The third-order valence-corrected chi connectivity index (χ3v) is 14.7. The Kier molecular flexibility index (Phi) is 6.86. The van der Waals surface area contributed by atoms with Crippen LogP contribution in [-0.2, 0) is 0 Å². The Balaban J connectivity index is 0.934. The number of hydrogen-bond donors (Lipinski definition) is 0. The molecule has 0 spiro atoms. The second-order valence-corrected chi connectivity index (χ2v) is 17.7.